The first-order chi connectivity index (χ1) is 11.7. The summed E-state index contributed by atoms with van der Waals surface area (Å²) in [5.74, 6) is 0.150. The van der Waals surface area contributed by atoms with E-state index >= 15 is 0 Å². The first-order valence-corrected chi connectivity index (χ1v) is 8.53. The van der Waals surface area contributed by atoms with Crippen molar-refractivity contribution in [1.29, 1.82) is 0 Å². The average Bonchev–Trinajstić information content (AvgIpc) is 3.02. The summed E-state index contributed by atoms with van der Waals surface area (Å²) in [4.78, 5) is 13.4. The van der Waals surface area contributed by atoms with E-state index in [1.165, 1.54) is 0 Å². The maximum absolute atomic E-state index is 11.7. The van der Waals surface area contributed by atoms with Crippen LogP contribution in [0.15, 0.2) is 60.7 Å². The summed E-state index contributed by atoms with van der Waals surface area (Å²) in [6.07, 6.45) is 0.939. The van der Waals surface area contributed by atoms with Crippen LogP contribution in [0.2, 0.25) is 0 Å². The van der Waals surface area contributed by atoms with Crippen LogP contribution in [0, 0.1) is 0 Å². The van der Waals surface area contributed by atoms with Crippen molar-refractivity contribution in [3.63, 3.8) is 0 Å². The molecule has 0 aromatic heterocycles. The predicted octanol–water partition coefficient (Wildman–Crippen LogP) is 2.35. The molecule has 1 amide bonds. The molecule has 24 heavy (non-hydrogen) atoms. The molecule has 126 valence electrons. The molecule has 0 saturated carbocycles. The quantitative estimate of drug-likeness (QED) is 0.822. The van der Waals surface area contributed by atoms with Crippen molar-refractivity contribution in [3.8, 4) is 0 Å². The zero-order chi connectivity index (χ0) is 16.8. The molecule has 4 heteroatoms. The van der Waals surface area contributed by atoms with Gasteiger partial charge in [0.15, 0.2) is 0 Å². The summed E-state index contributed by atoms with van der Waals surface area (Å²) in [7, 11) is 0. The number of hydrogen-bond acceptors (Lipinski definition) is 3. The van der Waals surface area contributed by atoms with Crippen molar-refractivity contribution in [2.75, 3.05) is 19.6 Å². The third kappa shape index (κ3) is 4.22. The molecule has 1 saturated heterocycles. The maximum atomic E-state index is 11.7. The van der Waals surface area contributed by atoms with Gasteiger partial charge in [0.25, 0.3) is 0 Å². The number of hydrogen-bond donors (Lipinski definition) is 2. The van der Waals surface area contributed by atoms with Crippen LogP contribution in [-0.2, 0) is 4.79 Å². The minimum Gasteiger partial charge on any atom is -0.390 e. The number of benzene rings is 2. The molecule has 1 atom stereocenters. The Morgan fingerprint density at radius 2 is 1.58 bits per heavy atom. The molecule has 1 fully saturated rings. The number of β-amino-alcohol motifs (C(OH)–C–C–N with tert-alkyl or cyclic N) is 1. The highest BCUT2D eigenvalue weighted by Gasteiger charge is 2.23. The van der Waals surface area contributed by atoms with Crippen LogP contribution in [0.1, 0.15) is 30.0 Å². The molecule has 4 nitrogen and oxygen atoms in total. The minimum absolute atomic E-state index is 0.0244. The smallest absolute Gasteiger partial charge is 0.222 e. The Morgan fingerprint density at radius 1 is 1.00 bits per heavy atom. The number of nitrogens with zero attached hydrogens (tertiary/aromatic N) is 1. The van der Waals surface area contributed by atoms with Gasteiger partial charge in [-0.05, 0) is 17.5 Å². The zero-order valence-corrected chi connectivity index (χ0v) is 13.8. The van der Waals surface area contributed by atoms with E-state index in [-0.39, 0.29) is 11.9 Å². The topological polar surface area (TPSA) is 52.6 Å². The summed E-state index contributed by atoms with van der Waals surface area (Å²) in [5.41, 5.74) is 2.32. The third-order valence-corrected chi connectivity index (χ3v) is 4.43. The second-order valence-electron chi connectivity index (χ2n) is 6.26. The van der Waals surface area contributed by atoms with Gasteiger partial charge in [-0.25, -0.2) is 0 Å². The number of nitrogens with one attached hydrogen (secondary N) is 1. The van der Waals surface area contributed by atoms with Gasteiger partial charge in [0.2, 0.25) is 5.91 Å². The number of aliphatic hydroxyl groups excluding tert-OH is 1. The van der Waals surface area contributed by atoms with Gasteiger partial charge in [-0.2, -0.15) is 0 Å². The largest absolute Gasteiger partial charge is 0.390 e. The molecule has 1 aliphatic rings. The molecule has 1 aliphatic heterocycles. The molecule has 3 rings (SSSR count). The Balaban J connectivity index is 1.65. The third-order valence-electron chi connectivity index (χ3n) is 4.43. The lowest BCUT2D eigenvalue weighted by molar-refractivity contribution is -0.128. The number of rotatable bonds is 7. The van der Waals surface area contributed by atoms with Crippen molar-refractivity contribution < 1.29 is 9.90 Å². The van der Waals surface area contributed by atoms with Crippen molar-refractivity contribution in [3.05, 3.63) is 71.8 Å². The molecular weight excluding hydrogens is 300 g/mol. The second-order valence-corrected chi connectivity index (χ2v) is 6.26. The Bertz CT molecular complexity index is 606. The number of likely N-dealkylation sites (tertiary alicyclic amines) is 1. The van der Waals surface area contributed by atoms with E-state index in [1.807, 2.05) is 36.4 Å². The van der Waals surface area contributed by atoms with Crippen LogP contribution >= 0.6 is 0 Å². The Hall–Kier alpha value is -2.17. The van der Waals surface area contributed by atoms with Crippen LogP contribution in [-0.4, -0.2) is 41.7 Å². The van der Waals surface area contributed by atoms with Gasteiger partial charge in [-0.3, -0.25) is 4.79 Å². The average molecular weight is 324 g/mol. The van der Waals surface area contributed by atoms with Crippen molar-refractivity contribution in [2.24, 2.45) is 0 Å². The van der Waals surface area contributed by atoms with Gasteiger partial charge < -0.3 is 15.3 Å². The Kier molecular flexibility index (Phi) is 5.62. The Labute approximate surface area is 143 Å². The fourth-order valence-electron chi connectivity index (χ4n) is 3.19. The standard InChI is InChI=1S/C20H24N2O2/c23-18(15-22-13-7-12-19(22)24)14-21-20(16-8-3-1-4-9-16)17-10-5-2-6-11-17/h1-6,8-11,18,20-21,23H,7,12-15H2. The predicted molar refractivity (Wildman–Crippen MR) is 94.6 cm³/mol. The van der Waals surface area contributed by atoms with Crippen LogP contribution in [0.5, 0.6) is 0 Å². The van der Waals surface area contributed by atoms with Crippen molar-refractivity contribution in [2.45, 2.75) is 25.0 Å². The zero-order valence-electron chi connectivity index (χ0n) is 13.8. The van der Waals surface area contributed by atoms with E-state index in [2.05, 4.69) is 29.6 Å². The summed E-state index contributed by atoms with van der Waals surface area (Å²) in [6, 6.07) is 20.4. The highest BCUT2D eigenvalue weighted by molar-refractivity contribution is 5.78. The molecule has 0 aliphatic carbocycles. The van der Waals surface area contributed by atoms with E-state index in [0.29, 0.717) is 19.5 Å². The summed E-state index contributed by atoms with van der Waals surface area (Å²) >= 11 is 0. The maximum Gasteiger partial charge on any atom is 0.222 e. The van der Waals surface area contributed by atoms with E-state index in [1.54, 1.807) is 4.90 Å². The molecule has 0 bridgehead atoms. The monoisotopic (exact) mass is 324 g/mol. The lowest BCUT2D eigenvalue weighted by atomic mass is 9.98. The first kappa shape index (κ1) is 16.7. The second kappa shape index (κ2) is 8.08. The molecule has 0 radical (unpaired) electrons. The van der Waals surface area contributed by atoms with Gasteiger partial charge in [-0.15, -0.1) is 0 Å². The number of amides is 1. The first-order valence-electron chi connectivity index (χ1n) is 8.53. The summed E-state index contributed by atoms with van der Waals surface area (Å²) in [5, 5.41) is 13.8. The molecule has 2 aromatic rings. The van der Waals surface area contributed by atoms with Crippen LogP contribution in [0.4, 0.5) is 0 Å². The van der Waals surface area contributed by atoms with E-state index in [4.69, 9.17) is 0 Å². The lowest BCUT2D eigenvalue weighted by Crippen LogP contribution is -2.40. The van der Waals surface area contributed by atoms with E-state index in [9.17, 15) is 9.90 Å². The van der Waals surface area contributed by atoms with Crippen LogP contribution < -0.4 is 5.32 Å². The Morgan fingerprint density at radius 3 is 2.08 bits per heavy atom. The number of aliphatic hydroxyl groups is 1. The fraction of sp³-hybridized carbons (Fsp3) is 0.350. The van der Waals surface area contributed by atoms with Gasteiger partial charge in [0.1, 0.15) is 0 Å². The summed E-state index contributed by atoms with van der Waals surface area (Å²) < 4.78 is 0. The van der Waals surface area contributed by atoms with Gasteiger partial charge in [-0.1, -0.05) is 60.7 Å². The molecule has 1 heterocycles. The lowest BCUT2D eigenvalue weighted by Gasteiger charge is -2.24. The molecular formula is C20H24N2O2. The normalized spacial score (nSPS) is 15.9. The molecule has 1 unspecified atom stereocenters. The molecule has 2 aromatic carbocycles. The van der Waals surface area contributed by atoms with E-state index in [0.717, 1.165) is 24.1 Å². The summed E-state index contributed by atoms with van der Waals surface area (Å²) in [6.45, 7) is 1.61. The van der Waals surface area contributed by atoms with E-state index < -0.39 is 6.10 Å². The van der Waals surface area contributed by atoms with Crippen LogP contribution in [0.3, 0.4) is 0 Å². The van der Waals surface area contributed by atoms with Crippen molar-refractivity contribution >= 4 is 5.91 Å². The highest BCUT2D eigenvalue weighted by atomic mass is 16.3. The van der Waals surface area contributed by atoms with Gasteiger partial charge in [0.05, 0.1) is 12.1 Å². The van der Waals surface area contributed by atoms with Gasteiger partial charge >= 0.3 is 0 Å². The number of carbonyl (C=O) groups excluding carboxylic acids is 1. The molecule has 2 N–H and O–H groups in total. The number of carbonyl (C=O) groups is 1. The van der Waals surface area contributed by atoms with Crippen LogP contribution in [0.25, 0.3) is 0 Å². The molecule has 0 spiro atoms. The fourth-order valence-corrected chi connectivity index (χ4v) is 3.19. The SMILES string of the molecule is O=C1CCCN1CC(O)CNC(c1ccccc1)c1ccccc1. The van der Waals surface area contributed by atoms with Crippen molar-refractivity contribution in [1.82, 2.24) is 10.2 Å². The van der Waals surface area contributed by atoms with Gasteiger partial charge in [0, 0.05) is 26.1 Å². The highest BCUT2D eigenvalue weighted by Crippen LogP contribution is 2.21. The minimum atomic E-state index is -0.568.